The van der Waals surface area contributed by atoms with E-state index in [0.717, 1.165) is 0 Å². The van der Waals surface area contributed by atoms with E-state index in [2.05, 4.69) is 5.32 Å². The van der Waals surface area contributed by atoms with Crippen molar-refractivity contribution in [2.45, 2.75) is 13.2 Å². The average Bonchev–Trinajstić information content (AvgIpc) is 1.27. The summed E-state index contributed by atoms with van der Waals surface area (Å²) in [5.74, 6) is -0.213. The molecule has 0 bridgehead atoms. The Labute approximate surface area is 41.8 Å². The number of aliphatic hydroxyl groups excluding tert-OH is 1. The quantitative estimate of drug-likeness (QED) is 0.191. The van der Waals surface area contributed by atoms with Gasteiger partial charge >= 0.3 is 0 Å². The van der Waals surface area contributed by atoms with Gasteiger partial charge in [0.05, 0.1) is 0 Å². The lowest BCUT2D eigenvalue weighted by atomic mass is 10.6. The highest BCUT2D eigenvalue weighted by molar-refractivity contribution is 5.74. The van der Waals surface area contributed by atoms with E-state index < -0.39 is 6.23 Å². The maximum atomic E-state index is 8.39. The van der Waals surface area contributed by atoms with Crippen LogP contribution in [0.1, 0.15) is 6.92 Å². The number of nitrogens with two attached hydrogens (primary N) is 1. The van der Waals surface area contributed by atoms with Crippen molar-refractivity contribution in [1.82, 2.24) is 5.32 Å². The zero-order valence-corrected chi connectivity index (χ0v) is 4.10. The molecule has 0 fully saturated rings. The minimum Gasteiger partial charge on any atom is -0.374 e. The summed E-state index contributed by atoms with van der Waals surface area (Å²) in [5.41, 5.74) is 4.81. The van der Waals surface area contributed by atoms with Crippen LogP contribution < -0.4 is 11.1 Å². The lowest BCUT2D eigenvalue weighted by molar-refractivity contribution is 0.179. The van der Waals surface area contributed by atoms with Gasteiger partial charge in [-0.25, -0.2) is 0 Å². The molecular formula is C3H9N3O. The van der Waals surface area contributed by atoms with E-state index in [0.29, 0.717) is 0 Å². The van der Waals surface area contributed by atoms with Crippen LogP contribution in [0.4, 0.5) is 0 Å². The van der Waals surface area contributed by atoms with Crippen molar-refractivity contribution in [3.05, 3.63) is 0 Å². The van der Waals surface area contributed by atoms with E-state index in [9.17, 15) is 0 Å². The second kappa shape index (κ2) is 2.41. The Hall–Kier alpha value is -0.770. The maximum absolute atomic E-state index is 8.39. The summed E-state index contributed by atoms with van der Waals surface area (Å²) in [7, 11) is 0. The number of nitrogens with one attached hydrogen (secondary N) is 2. The molecule has 4 heteroatoms. The topological polar surface area (TPSA) is 82.1 Å². The molecule has 0 aromatic carbocycles. The van der Waals surface area contributed by atoms with Crippen molar-refractivity contribution in [3.63, 3.8) is 0 Å². The number of hydrogen-bond donors (Lipinski definition) is 4. The molecule has 0 saturated carbocycles. The summed E-state index contributed by atoms with van der Waals surface area (Å²) < 4.78 is 0. The molecule has 0 aromatic rings. The summed E-state index contributed by atoms with van der Waals surface area (Å²) in [6.07, 6.45) is -0.725. The average molecular weight is 103 g/mol. The fourth-order valence-corrected chi connectivity index (χ4v) is 0.225. The van der Waals surface area contributed by atoms with Gasteiger partial charge in [-0.1, -0.05) is 0 Å². The van der Waals surface area contributed by atoms with Gasteiger partial charge in [-0.05, 0) is 6.92 Å². The number of rotatable bonds is 1. The van der Waals surface area contributed by atoms with Gasteiger partial charge in [0.15, 0.2) is 5.96 Å². The monoisotopic (exact) mass is 103 g/mol. The van der Waals surface area contributed by atoms with Gasteiger partial charge in [-0.2, -0.15) is 0 Å². The van der Waals surface area contributed by atoms with Crippen molar-refractivity contribution < 1.29 is 5.11 Å². The molecule has 0 aliphatic heterocycles. The van der Waals surface area contributed by atoms with Gasteiger partial charge in [0, 0.05) is 0 Å². The SMILES string of the molecule is CC(O)NC(=N)N. The predicted molar refractivity (Wildman–Crippen MR) is 26.7 cm³/mol. The molecule has 0 amide bonds. The predicted octanol–water partition coefficient (Wildman–Crippen LogP) is -1.19. The summed E-state index contributed by atoms with van der Waals surface area (Å²) in [4.78, 5) is 0. The second-order valence-corrected chi connectivity index (χ2v) is 1.23. The molecule has 42 valence electrons. The standard InChI is InChI=1S/C3H9N3O/c1-2(7)6-3(4)5/h2,7H,1H3,(H4,4,5,6). The maximum Gasteiger partial charge on any atom is 0.187 e. The zero-order valence-electron chi connectivity index (χ0n) is 4.10. The molecule has 0 aliphatic carbocycles. The third-order valence-electron chi connectivity index (χ3n) is 0.364. The Morgan fingerprint density at radius 2 is 2.43 bits per heavy atom. The molecule has 0 aromatic heterocycles. The van der Waals surface area contributed by atoms with Crippen LogP contribution in [-0.4, -0.2) is 17.3 Å². The third kappa shape index (κ3) is 5.23. The van der Waals surface area contributed by atoms with E-state index >= 15 is 0 Å². The number of guanidine groups is 1. The summed E-state index contributed by atoms with van der Waals surface area (Å²) in [6.45, 7) is 1.49. The van der Waals surface area contributed by atoms with Gasteiger partial charge < -0.3 is 16.2 Å². The number of hydrogen-bond acceptors (Lipinski definition) is 2. The summed E-state index contributed by atoms with van der Waals surface area (Å²) in [6, 6.07) is 0. The molecule has 1 unspecified atom stereocenters. The fraction of sp³-hybridized carbons (Fsp3) is 0.667. The molecule has 0 rings (SSSR count). The van der Waals surface area contributed by atoms with E-state index in [-0.39, 0.29) is 5.96 Å². The smallest absolute Gasteiger partial charge is 0.187 e. The van der Waals surface area contributed by atoms with Gasteiger partial charge in [0.1, 0.15) is 6.23 Å². The van der Waals surface area contributed by atoms with Crippen LogP contribution in [0.5, 0.6) is 0 Å². The molecule has 4 nitrogen and oxygen atoms in total. The third-order valence-corrected chi connectivity index (χ3v) is 0.364. The first kappa shape index (κ1) is 6.23. The highest BCUT2D eigenvalue weighted by Crippen LogP contribution is 1.64. The van der Waals surface area contributed by atoms with Crippen LogP contribution in [-0.2, 0) is 0 Å². The normalized spacial score (nSPS) is 12.9. The molecular weight excluding hydrogens is 94.1 g/mol. The molecule has 0 heterocycles. The van der Waals surface area contributed by atoms with Gasteiger partial charge in [0.25, 0.3) is 0 Å². The van der Waals surface area contributed by atoms with Crippen molar-refractivity contribution >= 4 is 5.96 Å². The zero-order chi connectivity index (χ0) is 5.86. The molecule has 5 N–H and O–H groups in total. The van der Waals surface area contributed by atoms with Gasteiger partial charge in [-0.15, -0.1) is 0 Å². The molecule has 7 heavy (non-hydrogen) atoms. The van der Waals surface area contributed by atoms with E-state index in [1.165, 1.54) is 6.92 Å². The molecule has 0 saturated heterocycles. The molecule has 0 aliphatic rings. The van der Waals surface area contributed by atoms with Crippen molar-refractivity contribution in [2.75, 3.05) is 0 Å². The van der Waals surface area contributed by atoms with Crippen molar-refractivity contribution in [3.8, 4) is 0 Å². The lowest BCUT2D eigenvalue weighted by Crippen LogP contribution is -2.36. The van der Waals surface area contributed by atoms with Crippen molar-refractivity contribution in [1.29, 1.82) is 5.41 Å². The van der Waals surface area contributed by atoms with Gasteiger partial charge in [0.2, 0.25) is 0 Å². The van der Waals surface area contributed by atoms with E-state index in [1.807, 2.05) is 0 Å². The highest BCUT2D eigenvalue weighted by atomic mass is 16.3. The molecule has 0 spiro atoms. The Balaban J connectivity index is 3.13. The van der Waals surface area contributed by atoms with Crippen LogP contribution in [0.3, 0.4) is 0 Å². The first-order valence-corrected chi connectivity index (χ1v) is 1.91. The minimum atomic E-state index is -0.725. The highest BCUT2D eigenvalue weighted by Gasteiger charge is 1.89. The Morgan fingerprint density at radius 3 is 2.43 bits per heavy atom. The molecule has 1 atom stereocenters. The van der Waals surface area contributed by atoms with Crippen LogP contribution >= 0.6 is 0 Å². The lowest BCUT2D eigenvalue weighted by Gasteiger charge is -2.03. The van der Waals surface area contributed by atoms with Gasteiger partial charge in [-0.3, -0.25) is 5.41 Å². The Morgan fingerprint density at radius 1 is 2.00 bits per heavy atom. The first-order valence-electron chi connectivity index (χ1n) is 1.91. The van der Waals surface area contributed by atoms with E-state index in [4.69, 9.17) is 16.2 Å². The summed E-state index contributed by atoms with van der Waals surface area (Å²) in [5, 5.41) is 17.1. The number of aliphatic hydroxyl groups is 1. The Kier molecular flexibility index (Phi) is 2.15. The van der Waals surface area contributed by atoms with Crippen LogP contribution in [0.25, 0.3) is 0 Å². The van der Waals surface area contributed by atoms with Crippen LogP contribution in [0, 0.1) is 5.41 Å². The van der Waals surface area contributed by atoms with E-state index in [1.54, 1.807) is 0 Å². The Bertz CT molecular complexity index is 70.6. The summed E-state index contributed by atoms with van der Waals surface area (Å²) >= 11 is 0. The largest absolute Gasteiger partial charge is 0.374 e. The minimum absolute atomic E-state index is 0.213. The fourth-order valence-electron chi connectivity index (χ4n) is 0.225. The van der Waals surface area contributed by atoms with Crippen LogP contribution in [0.2, 0.25) is 0 Å². The van der Waals surface area contributed by atoms with Crippen LogP contribution in [0.15, 0.2) is 0 Å². The molecule has 0 radical (unpaired) electrons. The second-order valence-electron chi connectivity index (χ2n) is 1.23. The first-order chi connectivity index (χ1) is 3.13. The van der Waals surface area contributed by atoms with Crippen molar-refractivity contribution in [2.24, 2.45) is 5.73 Å².